The molecule has 0 aliphatic carbocycles. The fourth-order valence-corrected chi connectivity index (χ4v) is 4.28. The maximum absolute atomic E-state index is 12.7. The third-order valence-corrected chi connectivity index (χ3v) is 6.03. The van der Waals surface area contributed by atoms with Crippen LogP contribution in [0.5, 0.6) is 11.5 Å². The van der Waals surface area contributed by atoms with Gasteiger partial charge in [-0.15, -0.1) is 0 Å². The molecule has 0 aromatic heterocycles. The van der Waals surface area contributed by atoms with Crippen molar-refractivity contribution in [2.45, 2.75) is 13.0 Å². The molecule has 1 aliphatic heterocycles. The molecule has 1 amide bonds. The van der Waals surface area contributed by atoms with Gasteiger partial charge in [0.05, 0.1) is 12.0 Å². The Morgan fingerprint density at radius 3 is 2.60 bits per heavy atom. The zero-order valence-electron chi connectivity index (χ0n) is 16.7. The first-order valence-electron chi connectivity index (χ1n) is 9.31. The first-order chi connectivity index (χ1) is 14.5. The monoisotopic (exact) mass is 463 g/mol. The number of amides is 1. The summed E-state index contributed by atoms with van der Waals surface area (Å²) in [6, 6.07) is 13.0. The number of hydrogen-bond acceptors (Lipinski definition) is 6. The van der Waals surface area contributed by atoms with Crippen LogP contribution in [0.4, 0.5) is 0 Å². The number of carbonyl (C=O) groups is 1. The maximum Gasteiger partial charge on any atom is 0.266 e. The Morgan fingerprint density at radius 2 is 1.90 bits per heavy atom. The molecule has 0 N–H and O–H groups in total. The van der Waals surface area contributed by atoms with Crippen molar-refractivity contribution in [3.63, 3.8) is 0 Å². The van der Waals surface area contributed by atoms with E-state index in [1.807, 2.05) is 48.5 Å². The predicted octanol–water partition coefficient (Wildman–Crippen LogP) is 5.17. The number of halogens is 1. The van der Waals surface area contributed by atoms with Gasteiger partial charge in [-0.25, -0.2) is 0 Å². The summed E-state index contributed by atoms with van der Waals surface area (Å²) < 4.78 is 17.0. The molecule has 1 saturated heterocycles. The summed E-state index contributed by atoms with van der Waals surface area (Å²) in [4.78, 5) is 14.9. The van der Waals surface area contributed by atoms with Gasteiger partial charge in [0.25, 0.3) is 5.91 Å². The molecule has 3 rings (SSSR count). The first kappa shape index (κ1) is 22.6. The minimum absolute atomic E-state index is 0.0804. The lowest BCUT2D eigenvalue weighted by atomic mass is 10.1. The molecule has 0 unspecified atom stereocenters. The number of thiocarbonyl (C=S) groups is 1. The number of rotatable bonds is 9. The molecule has 0 atom stereocenters. The van der Waals surface area contributed by atoms with Gasteiger partial charge in [0, 0.05) is 25.3 Å². The molecule has 5 nitrogen and oxygen atoms in total. The number of carbonyl (C=O) groups excluding carboxylic acids is 1. The number of thioether (sulfide) groups is 1. The quantitative estimate of drug-likeness (QED) is 0.290. The number of methoxy groups -OCH3 is 2. The molecule has 158 valence electrons. The molecule has 0 spiro atoms. The Labute approximate surface area is 190 Å². The Hall–Kier alpha value is -2.06. The molecule has 1 heterocycles. The van der Waals surface area contributed by atoms with Crippen LogP contribution < -0.4 is 9.47 Å². The Balaban J connectivity index is 1.70. The molecule has 1 aliphatic rings. The molecule has 8 heteroatoms. The van der Waals surface area contributed by atoms with Crippen LogP contribution >= 0.6 is 35.6 Å². The van der Waals surface area contributed by atoms with Gasteiger partial charge in [-0.3, -0.25) is 9.69 Å². The highest BCUT2D eigenvalue weighted by Crippen LogP contribution is 2.35. The van der Waals surface area contributed by atoms with E-state index in [4.69, 9.17) is 38.0 Å². The van der Waals surface area contributed by atoms with Gasteiger partial charge in [0.2, 0.25) is 0 Å². The number of benzene rings is 2. The molecule has 0 saturated carbocycles. The van der Waals surface area contributed by atoms with E-state index in [1.165, 1.54) is 11.8 Å². The van der Waals surface area contributed by atoms with Crippen LogP contribution in [-0.2, 0) is 16.1 Å². The van der Waals surface area contributed by atoms with Crippen LogP contribution in [0.3, 0.4) is 0 Å². The van der Waals surface area contributed by atoms with Crippen molar-refractivity contribution >= 4 is 51.9 Å². The van der Waals surface area contributed by atoms with Gasteiger partial charge >= 0.3 is 0 Å². The second-order valence-electron chi connectivity index (χ2n) is 6.51. The standard InChI is InChI=1S/C22H22ClNO4S2/c1-26-11-3-10-24-21(25)20(30-22(24)29)13-16-6-9-18(19(12-16)27-2)28-14-15-4-7-17(23)8-5-15/h4-9,12-13H,3,10-11,14H2,1-2H3/b20-13+. The zero-order chi connectivity index (χ0) is 21.5. The van der Waals surface area contributed by atoms with E-state index in [2.05, 4.69) is 0 Å². The number of hydrogen-bond donors (Lipinski definition) is 0. The van der Waals surface area contributed by atoms with Gasteiger partial charge in [-0.2, -0.15) is 0 Å². The lowest BCUT2D eigenvalue weighted by molar-refractivity contribution is -0.122. The second-order valence-corrected chi connectivity index (χ2v) is 8.62. The topological polar surface area (TPSA) is 48.0 Å². The van der Waals surface area contributed by atoms with Crippen molar-refractivity contribution in [2.75, 3.05) is 27.4 Å². The molecule has 2 aromatic carbocycles. The number of nitrogens with zero attached hydrogens (tertiary/aromatic N) is 1. The highest BCUT2D eigenvalue weighted by Gasteiger charge is 2.31. The SMILES string of the molecule is COCCCN1C(=O)/C(=C\c2ccc(OCc3ccc(Cl)cc3)c(OC)c2)SC1=S. The minimum atomic E-state index is -0.0804. The van der Waals surface area contributed by atoms with E-state index < -0.39 is 0 Å². The lowest BCUT2D eigenvalue weighted by Gasteiger charge is -2.13. The minimum Gasteiger partial charge on any atom is -0.493 e. The summed E-state index contributed by atoms with van der Waals surface area (Å²) in [5.41, 5.74) is 1.84. The highest BCUT2D eigenvalue weighted by molar-refractivity contribution is 8.26. The van der Waals surface area contributed by atoms with Gasteiger partial charge in [0.15, 0.2) is 11.5 Å². The first-order valence-corrected chi connectivity index (χ1v) is 10.9. The van der Waals surface area contributed by atoms with Crippen LogP contribution in [-0.4, -0.2) is 42.5 Å². The zero-order valence-corrected chi connectivity index (χ0v) is 19.1. The molecule has 30 heavy (non-hydrogen) atoms. The van der Waals surface area contributed by atoms with E-state index in [0.717, 1.165) is 17.5 Å². The normalized spacial score (nSPS) is 15.2. The van der Waals surface area contributed by atoms with Crippen molar-refractivity contribution in [3.8, 4) is 11.5 Å². The van der Waals surface area contributed by atoms with E-state index >= 15 is 0 Å². The fourth-order valence-electron chi connectivity index (χ4n) is 2.85. The largest absolute Gasteiger partial charge is 0.493 e. The predicted molar refractivity (Wildman–Crippen MR) is 125 cm³/mol. The van der Waals surface area contributed by atoms with E-state index in [-0.39, 0.29) is 5.91 Å². The summed E-state index contributed by atoms with van der Waals surface area (Å²) in [6.07, 6.45) is 2.56. The Bertz CT molecular complexity index is 947. The van der Waals surface area contributed by atoms with Gasteiger partial charge in [-0.05, 0) is 47.9 Å². The molecule has 0 radical (unpaired) electrons. The number of ether oxygens (including phenoxy) is 3. The van der Waals surface area contributed by atoms with Crippen molar-refractivity contribution in [3.05, 3.63) is 63.5 Å². The van der Waals surface area contributed by atoms with E-state index in [9.17, 15) is 4.79 Å². The van der Waals surface area contributed by atoms with Crippen molar-refractivity contribution in [1.82, 2.24) is 4.90 Å². The Kier molecular flexibility index (Phi) is 8.16. The van der Waals surface area contributed by atoms with Crippen LogP contribution in [0.15, 0.2) is 47.4 Å². The van der Waals surface area contributed by atoms with E-state index in [1.54, 1.807) is 19.1 Å². The van der Waals surface area contributed by atoms with E-state index in [0.29, 0.717) is 45.5 Å². The van der Waals surface area contributed by atoms with Crippen LogP contribution in [0.1, 0.15) is 17.5 Å². The highest BCUT2D eigenvalue weighted by atomic mass is 35.5. The lowest BCUT2D eigenvalue weighted by Crippen LogP contribution is -2.29. The smallest absolute Gasteiger partial charge is 0.266 e. The average Bonchev–Trinajstić information content (AvgIpc) is 3.01. The van der Waals surface area contributed by atoms with Crippen molar-refractivity contribution < 1.29 is 19.0 Å². The summed E-state index contributed by atoms with van der Waals surface area (Å²) >= 11 is 12.6. The van der Waals surface area contributed by atoms with Crippen LogP contribution in [0.2, 0.25) is 5.02 Å². The second kappa shape index (κ2) is 10.8. The van der Waals surface area contributed by atoms with Crippen LogP contribution in [0.25, 0.3) is 6.08 Å². The molecular weight excluding hydrogens is 442 g/mol. The Morgan fingerprint density at radius 1 is 1.13 bits per heavy atom. The molecule has 0 bridgehead atoms. The van der Waals surface area contributed by atoms with Gasteiger partial charge in [0.1, 0.15) is 10.9 Å². The summed E-state index contributed by atoms with van der Waals surface area (Å²) in [5, 5.41) is 0.685. The third kappa shape index (κ3) is 5.76. The van der Waals surface area contributed by atoms with Crippen LogP contribution in [0, 0.1) is 0 Å². The van der Waals surface area contributed by atoms with Gasteiger partial charge < -0.3 is 14.2 Å². The molecule has 1 fully saturated rings. The van der Waals surface area contributed by atoms with Gasteiger partial charge in [-0.1, -0.05) is 53.8 Å². The summed E-state index contributed by atoms with van der Waals surface area (Å²) in [5.74, 6) is 1.13. The molecular formula is C22H22ClNO4S2. The molecule has 2 aromatic rings. The van der Waals surface area contributed by atoms with Crippen molar-refractivity contribution in [1.29, 1.82) is 0 Å². The average molecular weight is 464 g/mol. The maximum atomic E-state index is 12.7. The summed E-state index contributed by atoms with van der Waals surface area (Å²) in [7, 11) is 3.23. The van der Waals surface area contributed by atoms with Crippen molar-refractivity contribution in [2.24, 2.45) is 0 Å². The third-order valence-electron chi connectivity index (χ3n) is 4.40. The summed E-state index contributed by atoms with van der Waals surface area (Å²) in [6.45, 7) is 1.54. The fraction of sp³-hybridized carbons (Fsp3) is 0.273.